The van der Waals surface area contributed by atoms with E-state index in [4.69, 9.17) is 21.9 Å². The molecule has 0 aromatic heterocycles. The summed E-state index contributed by atoms with van der Waals surface area (Å²) in [4.78, 5) is 21.5. The molecular weight excluding hydrogens is 198 g/mol. The molecule has 0 aliphatic heterocycles. The van der Waals surface area contributed by atoms with Crippen molar-refractivity contribution in [1.82, 2.24) is 0 Å². The lowest BCUT2D eigenvalue weighted by molar-refractivity contribution is -0.119. The minimum atomic E-state index is -0.658. The second-order valence-electron chi connectivity index (χ2n) is 2.87. The molecular formula is C9H11N3O3. The molecule has 0 aliphatic carbocycles. The van der Waals surface area contributed by atoms with E-state index in [1.807, 2.05) is 0 Å². The summed E-state index contributed by atoms with van der Waals surface area (Å²) in [7, 11) is 0. The highest BCUT2D eigenvalue weighted by Gasteiger charge is 2.10. The van der Waals surface area contributed by atoms with Crippen LogP contribution in [0.5, 0.6) is 5.75 Å². The van der Waals surface area contributed by atoms with Gasteiger partial charge in [-0.25, -0.2) is 0 Å². The fourth-order valence-corrected chi connectivity index (χ4v) is 1.01. The maximum absolute atomic E-state index is 11.0. The van der Waals surface area contributed by atoms with Gasteiger partial charge < -0.3 is 21.9 Å². The number of nitrogens with two attached hydrogens (primary N) is 3. The molecule has 0 saturated heterocycles. The van der Waals surface area contributed by atoms with Gasteiger partial charge in [-0.1, -0.05) is 0 Å². The third-order valence-electron chi connectivity index (χ3n) is 1.64. The number of amides is 2. The molecule has 0 heterocycles. The van der Waals surface area contributed by atoms with Gasteiger partial charge in [-0.2, -0.15) is 0 Å². The molecule has 6 N–H and O–H groups in total. The van der Waals surface area contributed by atoms with Crippen LogP contribution in [0.1, 0.15) is 10.4 Å². The number of carbonyl (C=O) groups excluding carboxylic acids is 2. The maximum atomic E-state index is 11.0. The highest BCUT2D eigenvalue weighted by Crippen LogP contribution is 2.21. The molecule has 0 spiro atoms. The molecule has 0 atom stereocenters. The Bertz CT molecular complexity index is 404. The predicted octanol–water partition coefficient (Wildman–Crippen LogP) is -0.768. The largest absolute Gasteiger partial charge is 0.483 e. The highest BCUT2D eigenvalue weighted by atomic mass is 16.5. The number of hydrogen-bond donors (Lipinski definition) is 3. The van der Waals surface area contributed by atoms with E-state index in [9.17, 15) is 9.59 Å². The Morgan fingerprint density at radius 1 is 1.27 bits per heavy atom. The normalized spacial score (nSPS) is 9.60. The van der Waals surface area contributed by atoms with Gasteiger partial charge in [0.25, 0.3) is 11.8 Å². The van der Waals surface area contributed by atoms with E-state index < -0.39 is 11.8 Å². The Morgan fingerprint density at radius 3 is 2.47 bits per heavy atom. The summed E-state index contributed by atoms with van der Waals surface area (Å²) >= 11 is 0. The van der Waals surface area contributed by atoms with Crippen molar-refractivity contribution >= 4 is 17.5 Å². The van der Waals surface area contributed by atoms with Crippen molar-refractivity contribution in [2.45, 2.75) is 0 Å². The van der Waals surface area contributed by atoms with Gasteiger partial charge in [0.15, 0.2) is 6.61 Å². The molecule has 1 rings (SSSR count). The minimum Gasteiger partial charge on any atom is -0.483 e. The molecule has 1 aromatic rings. The fraction of sp³-hybridized carbons (Fsp3) is 0.111. The van der Waals surface area contributed by atoms with Gasteiger partial charge in [0.2, 0.25) is 0 Å². The molecule has 6 heteroatoms. The summed E-state index contributed by atoms with van der Waals surface area (Å²) in [5.74, 6) is -1.15. The molecule has 15 heavy (non-hydrogen) atoms. The van der Waals surface area contributed by atoms with Gasteiger partial charge in [-0.3, -0.25) is 9.59 Å². The van der Waals surface area contributed by atoms with Crippen LogP contribution >= 0.6 is 0 Å². The molecule has 2 amide bonds. The van der Waals surface area contributed by atoms with Gasteiger partial charge in [-0.15, -0.1) is 0 Å². The topological polar surface area (TPSA) is 121 Å². The Hall–Kier alpha value is -2.24. The smallest absolute Gasteiger partial charge is 0.255 e. The number of anilines is 1. The van der Waals surface area contributed by atoms with Gasteiger partial charge in [0.1, 0.15) is 5.75 Å². The molecule has 0 fully saturated rings. The van der Waals surface area contributed by atoms with E-state index in [2.05, 4.69) is 0 Å². The van der Waals surface area contributed by atoms with E-state index in [1.165, 1.54) is 18.2 Å². The van der Waals surface area contributed by atoms with E-state index in [0.29, 0.717) is 5.69 Å². The zero-order valence-electron chi connectivity index (χ0n) is 7.90. The first-order valence-electron chi connectivity index (χ1n) is 4.11. The highest BCUT2D eigenvalue weighted by molar-refractivity contribution is 5.96. The van der Waals surface area contributed by atoms with Crippen LogP contribution in [-0.2, 0) is 4.79 Å². The van der Waals surface area contributed by atoms with Crippen molar-refractivity contribution in [3.8, 4) is 5.75 Å². The number of carbonyl (C=O) groups is 2. The zero-order chi connectivity index (χ0) is 11.4. The lowest BCUT2D eigenvalue weighted by Gasteiger charge is -2.08. The molecule has 0 saturated carbocycles. The monoisotopic (exact) mass is 209 g/mol. The predicted molar refractivity (Wildman–Crippen MR) is 54.1 cm³/mol. The molecule has 6 nitrogen and oxygen atoms in total. The fourth-order valence-electron chi connectivity index (χ4n) is 1.01. The molecule has 0 aliphatic rings. The van der Waals surface area contributed by atoms with Crippen LogP contribution in [0.4, 0.5) is 5.69 Å². The summed E-state index contributed by atoms with van der Waals surface area (Å²) in [5.41, 5.74) is 16.0. The SMILES string of the molecule is NC(=O)COc1cc(N)ccc1C(N)=O. The average Bonchev–Trinajstić information content (AvgIpc) is 2.14. The molecule has 0 unspecified atom stereocenters. The molecule has 0 bridgehead atoms. The van der Waals surface area contributed by atoms with Crippen LogP contribution in [0, 0.1) is 0 Å². The van der Waals surface area contributed by atoms with Crippen molar-refractivity contribution < 1.29 is 14.3 Å². The van der Waals surface area contributed by atoms with Crippen molar-refractivity contribution in [2.24, 2.45) is 11.5 Å². The lowest BCUT2D eigenvalue weighted by atomic mass is 10.2. The summed E-state index contributed by atoms with van der Waals surface area (Å²) < 4.78 is 4.99. The molecule has 1 aromatic carbocycles. The van der Waals surface area contributed by atoms with E-state index >= 15 is 0 Å². The summed E-state index contributed by atoms with van der Waals surface area (Å²) in [6.07, 6.45) is 0. The number of benzene rings is 1. The first kappa shape index (κ1) is 10.8. The number of rotatable bonds is 4. The van der Waals surface area contributed by atoms with Crippen LogP contribution in [0.2, 0.25) is 0 Å². The minimum absolute atomic E-state index is 0.154. The third-order valence-corrected chi connectivity index (χ3v) is 1.64. The molecule has 80 valence electrons. The first-order chi connectivity index (χ1) is 7.00. The molecule has 0 radical (unpaired) electrons. The Kier molecular flexibility index (Phi) is 3.12. The summed E-state index contributed by atoms with van der Waals surface area (Å²) in [6, 6.07) is 4.34. The second kappa shape index (κ2) is 4.32. The maximum Gasteiger partial charge on any atom is 0.255 e. The number of ether oxygens (including phenoxy) is 1. The standard InChI is InChI=1S/C9H11N3O3/c10-5-1-2-6(9(12)14)7(3-5)15-4-8(11)13/h1-3H,4,10H2,(H2,11,13)(H2,12,14). The Balaban J connectivity index is 2.96. The van der Waals surface area contributed by atoms with Gasteiger partial charge in [0, 0.05) is 11.8 Å². The van der Waals surface area contributed by atoms with Gasteiger partial charge in [0.05, 0.1) is 5.56 Å². The van der Waals surface area contributed by atoms with Crippen molar-refractivity contribution in [3.05, 3.63) is 23.8 Å². The van der Waals surface area contributed by atoms with Crippen molar-refractivity contribution in [1.29, 1.82) is 0 Å². The average molecular weight is 209 g/mol. The summed E-state index contributed by atoms with van der Waals surface area (Å²) in [6.45, 7) is -0.330. The van der Waals surface area contributed by atoms with E-state index in [1.54, 1.807) is 0 Å². The van der Waals surface area contributed by atoms with Crippen LogP contribution in [0.25, 0.3) is 0 Å². The van der Waals surface area contributed by atoms with Crippen LogP contribution < -0.4 is 21.9 Å². The van der Waals surface area contributed by atoms with E-state index in [-0.39, 0.29) is 17.9 Å². The van der Waals surface area contributed by atoms with Crippen LogP contribution in [0.3, 0.4) is 0 Å². The zero-order valence-corrected chi connectivity index (χ0v) is 7.90. The van der Waals surface area contributed by atoms with Crippen molar-refractivity contribution in [2.75, 3.05) is 12.3 Å². The first-order valence-corrected chi connectivity index (χ1v) is 4.11. The Labute approximate surface area is 86.0 Å². The second-order valence-corrected chi connectivity index (χ2v) is 2.87. The van der Waals surface area contributed by atoms with Crippen molar-refractivity contribution in [3.63, 3.8) is 0 Å². The lowest BCUT2D eigenvalue weighted by Crippen LogP contribution is -2.21. The number of primary amides is 2. The van der Waals surface area contributed by atoms with Gasteiger partial charge in [-0.05, 0) is 12.1 Å². The van der Waals surface area contributed by atoms with Gasteiger partial charge >= 0.3 is 0 Å². The third kappa shape index (κ3) is 2.87. The number of nitrogen functional groups attached to an aromatic ring is 1. The van der Waals surface area contributed by atoms with Crippen LogP contribution in [0.15, 0.2) is 18.2 Å². The number of hydrogen-bond acceptors (Lipinski definition) is 4. The quantitative estimate of drug-likeness (QED) is 0.563. The van der Waals surface area contributed by atoms with Crippen LogP contribution in [-0.4, -0.2) is 18.4 Å². The Morgan fingerprint density at radius 2 is 1.93 bits per heavy atom. The van der Waals surface area contributed by atoms with E-state index in [0.717, 1.165) is 0 Å². The summed E-state index contributed by atoms with van der Waals surface area (Å²) in [5, 5.41) is 0.